The third kappa shape index (κ3) is 5.63. The van der Waals surface area contributed by atoms with Crippen molar-refractivity contribution in [3.8, 4) is 6.07 Å². The Kier molecular flexibility index (Phi) is 6.86. The molecule has 28 heavy (non-hydrogen) atoms. The molecule has 10 nitrogen and oxygen atoms in total. The summed E-state index contributed by atoms with van der Waals surface area (Å²) in [6.07, 6.45) is -1.08. The van der Waals surface area contributed by atoms with Crippen molar-refractivity contribution in [1.29, 1.82) is 5.26 Å². The van der Waals surface area contributed by atoms with Gasteiger partial charge in [0.25, 0.3) is 5.91 Å². The number of benzene rings is 1. The molecule has 1 atom stereocenters. The first-order valence-electron chi connectivity index (χ1n) is 8.15. The Bertz CT molecular complexity index is 991. The monoisotopic (exact) mass is 406 g/mol. The van der Waals surface area contributed by atoms with E-state index in [1.165, 1.54) is 37.3 Å². The molecule has 2 aromatic rings. The van der Waals surface area contributed by atoms with Gasteiger partial charge < -0.3 is 9.26 Å². The van der Waals surface area contributed by atoms with Gasteiger partial charge in [0.1, 0.15) is 0 Å². The molecule has 1 heterocycles. The molecule has 0 spiro atoms. The van der Waals surface area contributed by atoms with E-state index in [4.69, 9.17) is 14.5 Å². The van der Waals surface area contributed by atoms with Gasteiger partial charge in [0, 0.05) is 19.0 Å². The van der Waals surface area contributed by atoms with E-state index in [0.717, 1.165) is 0 Å². The lowest BCUT2D eigenvalue weighted by molar-refractivity contribution is -0.123. The van der Waals surface area contributed by atoms with Crippen molar-refractivity contribution in [2.75, 3.05) is 11.9 Å². The second kappa shape index (κ2) is 9.12. The minimum atomic E-state index is -3.78. The number of rotatable bonds is 8. The average Bonchev–Trinajstić information content (AvgIpc) is 3.06. The number of aromatic nitrogens is 1. The highest BCUT2D eigenvalue weighted by Crippen LogP contribution is 2.13. The van der Waals surface area contributed by atoms with Gasteiger partial charge in [-0.3, -0.25) is 10.1 Å². The summed E-state index contributed by atoms with van der Waals surface area (Å²) in [6, 6.07) is 8.34. The fourth-order valence-electron chi connectivity index (χ4n) is 2.02. The molecule has 0 aliphatic carbocycles. The van der Waals surface area contributed by atoms with Crippen LogP contribution in [0.5, 0.6) is 0 Å². The lowest BCUT2D eigenvalue weighted by Gasteiger charge is -2.12. The minimum absolute atomic E-state index is 0.0139. The molecule has 0 bridgehead atoms. The van der Waals surface area contributed by atoms with Gasteiger partial charge in [-0.05, 0) is 38.1 Å². The fraction of sp³-hybridized carbons (Fsp3) is 0.294. The van der Waals surface area contributed by atoms with E-state index < -0.39 is 28.0 Å². The van der Waals surface area contributed by atoms with Crippen LogP contribution in [0.3, 0.4) is 0 Å². The molecule has 148 valence electrons. The first-order valence-corrected chi connectivity index (χ1v) is 9.63. The third-order valence-corrected chi connectivity index (χ3v) is 4.93. The highest BCUT2D eigenvalue weighted by molar-refractivity contribution is 7.89. The summed E-state index contributed by atoms with van der Waals surface area (Å²) < 4.78 is 36.2. The van der Waals surface area contributed by atoms with E-state index in [-0.39, 0.29) is 29.3 Å². The molecule has 0 saturated heterocycles. The van der Waals surface area contributed by atoms with Crippen molar-refractivity contribution < 1.29 is 27.3 Å². The normalized spacial score (nSPS) is 12.0. The van der Waals surface area contributed by atoms with Crippen LogP contribution < -0.4 is 10.0 Å². The van der Waals surface area contributed by atoms with Gasteiger partial charge >= 0.3 is 5.97 Å². The van der Waals surface area contributed by atoms with Crippen molar-refractivity contribution in [2.45, 2.75) is 31.3 Å². The van der Waals surface area contributed by atoms with Gasteiger partial charge in [-0.1, -0.05) is 5.16 Å². The van der Waals surface area contributed by atoms with Gasteiger partial charge in [-0.25, -0.2) is 17.9 Å². The standard InChI is InChI=1S/C17H18N4O6S/c1-11-10-15(27-21-11)20-16(22)12(2)26-17(23)13-4-6-14(7-5-13)28(24,25)19-9-3-8-18/h4-7,10,12,19H,3,9H2,1-2H3,(H,20,22). The van der Waals surface area contributed by atoms with Crippen LogP contribution in [-0.4, -0.2) is 38.1 Å². The SMILES string of the molecule is Cc1cc(NC(=O)C(C)OC(=O)c2ccc(S(=O)(=O)NCCC#N)cc2)on1. The van der Waals surface area contributed by atoms with E-state index in [9.17, 15) is 18.0 Å². The van der Waals surface area contributed by atoms with Gasteiger partial charge in [-0.15, -0.1) is 0 Å². The number of nitriles is 1. The quantitative estimate of drug-likeness (QED) is 0.492. The summed E-state index contributed by atoms with van der Waals surface area (Å²) in [6.45, 7) is 3.06. The predicted molar refractivity (Wildman–Crippen MR) is 96.6 cm³/mol. The minimum Gasteiger partial charge on any atom is -0.449 e. The van der Waals surface area contributed by atoms with Crippen molar-refractivity contribution in [3.63, 3.8) is 0 Å². The molecule has 0 aliphatic rings. The van der Waals surface area contributed by atoms with Crippen molar-refractivity contribution >= 4 is 27.8 Å². The van der Waals surface area contributed by atoms with Gasteiger partial charge in [0.2, 0.25) is 15.9 Å². The van der Waals surface area contributed by atoms with Gasteiger partial charge in [0.05, 0.1) is 22.2 Å². The molecule has 1 aromatic heterocycles. The number of amides is 1. The number of hydrogen-bond acceptors (Lipinski definition) is 8. The average molecular weight is 406 g/mol. The van der Waals surface area contributed by atoms with Crippen LogP contribution in [0.4, 0.5) is 5.88 Å². The maximum atomic E-state index is 12.1. The first kappa shape index (κ1) is 21.1. The summed E-state index contributed by atoms with van der Waals surface area (Å²) in [4.78, 5) is 24.1. The zero-order valence-corrected chi connectivity index (χ0v) is 15.9. The Labute approximate surface area is 161 Å². The Hall–Kier alpha value is -3.23. The molecular formula is C17H18N4O6S. The zero-order chi connectivity index (χ0) is 20.7. The summed E-state index contributed by atoms with van der Waals surface area (Å²) in [5.41, 5.74) is 0.656. The lowest BCUT2D eigenvalue weighted by atomic mass is 10.2. The second-order valence-corrected chi connectivity index (χ2v) is 7.47. The molecule has 2 rings (SSSR count). The second-order valence-electron chi connectivity index (χ2n) is 5.70. The van der Waals surface area contributed by atoms with Crippen molar-refractivity contribution in [3.05, 3.63) is 41.6 Å². The molecule has 0 aliphatic heterocycles. The molecule has 1 unspecified atom stereocenters. The summed E-state index contributed by atoms with van der Waals surface area (Å²) >= 11 is 0. The highest BCUT2D eigenvalue weighted by atomic mass is 32.2. The maximum absolute atomic E-state index is 12.1. The Morgan fingerprint density at radius 2 is 2.00 bits per heavy atom. The Morgan fingerprint density at radius 1 is 1.32 bits per heavy atom. The summed E-state index contributed by atoms with van der Waals surface area (Å²) in [5, 5.41) is 14.5. The molecule has 0 saturated carbocycles. The molecular weight excluding hydrogens is 388 g/mol. The molecule has 0 radical (unpaired) electrons. The van der Waals surface area contributed by atoms with Crippen molar-refractivity contribution in [2.24, 2.45) is 0 Å². The topological polar surface area (TPSA) is 151 Å². The molecule has 1 aromatic carbocycles. The van der Waals surface area contributed by atoms with Crippen LogP contribution in [0.25, 0.3) is 0 Å². The molecule has 1 amide bonds. The largest absolute Gasteiger partial charge is 0.449 e. The van der Waals surface area contributed by atoms with E-state index in [0.29, 0.717) is 5.69 Å². The first-order chi connectivity index (χ1) is 13.2. The Balaban J connectivity index is 1.96. The third-order valence-electron chi connectivity index (χ3n) is 3.46. The van der Waals surface area contributed by atoms with Crippen LogP contribution in [0.1, 0.15) is 29.4 Å². The van der Waals surface area contributed by atoms with Crippen LogP contribution in [0, 0.1) is 18.3 Å². The molecule has 2 N–H and O–H groups in total. The van der Waals surface area contributed by atoms with Gasteiger partial charge in [-0.2, -0.15) is 5.26 Å². The molecule has 11 heteroatoms. The highest BCUT2D eigenvalue weighted by Gasteiger charge is 2.21. The number of carbonyl (C=O) groups is 2. The van der Waals surface area contributed by atoms with Crippen LogP contribution >= 0.6 is 0 Å². The molecule has 0 fully saturated rings. The number of anilines is 1. The number of nitrogens with one attached hydrogen (secondary N) is 2. The number of aryl methyl sites for hydroxylation is 1. The summed E-state index contributed by atoms with van der Waals surface area (Å²) in [5.74, 6) is -1.27. The van der Waals surface area contributed by atoms with Gasteiger partial charge in [0.15, 0.2) is 6.10 Å². The van der Waals surface area contributed by atoms with Crippen LogP contribution in [-0.2, 0) is 19.6 Å². The van der Waals surface area contributed by atoms with Crippen molar-refractivity contribution in [1.82, 2.24) is 9.88 Å². The van der Waals surface area contributed by atoms with Crippen LogP contribution in [0.2, 0.25) is 0 Å². The number of hydrogen-bond donors (Lipinski definition) is 2. The van der Waals surface area contributed by atoms with E-state index in [2.05, 4.69) is 15.2 Å². The number of esters is 1. The number of ether oxygens (including phenoxy) is 1. The summed E-state index contributed by atoms with van der Waals surface area (Å²) in [7, 11) is -3.78. The fourth-order valence-corrected chi connectivity index (χ4v) is 3.05. The lowest BCUT2D eigenvalue weighted by Crippen LogP contribution is -2.30. The van der Waals surface area contributed by atoms with E-state index >= 15 is 0 Å². The number of carbonyl (C=O) groups excluding carboxylic acids is 2. The van der Waals surface area contributed by atoms with E-state index in [1.807, 2.05) is 6.07 Å². The number of sulfonamides is 1. The zero-order valence-electron chi connectivity index (χ0n) is 15.1. The number of nitrogens with zero attached hydrogens (tertiary/aromatic N) is 2. The maximum Gasteiger partial charge on any atom is 0.338 e. The predicted octanol–water partition coefficient (Wildman–Crippen LogP) is 1.36. The van der Waals surface area contributed by atoms with Crippen LogP contribution in [0.15, 0.2) is 39.8 Å². The Morgan fingerprint density at radius 3 is 2.57 bits per heavy atom. The van der Waals surface area contributed by atoms with E-state index in [1.54, 1.807) is 6.92 Å². The smallest absolute Gasteiger partial charge is 0.338 e.